The number of halogens is 1. The van der Waals surface area contributed by atoms with Crippen molar-refractivity contribution in [2.24, 2.45) is 5.73 Å². The Morgan fingerprint density at radius 3 is 2.13 bits per heavy atom. The maximum Gasteiger partial charge on any atom is 0.303 e. The molecule has 1 fully saturated rings. The van der Waals surface area contributed by atoms with E-state index in [4.69, 9.17) is 19.9 Å². The monoisotopic (exact) mass is 616 g/mol. The van der Waals surface area contributed by atoms with Gasteiger partial charge in [0.2, 0.25) is 0 Å². The normalized spacial score (nSPS) is 13.2. The highest BCUT2D eigenvalue weighted by molar-refractivity contribution is 6.01. The number of hydrogen-bond donors (Lipinski definition) is 2. The minimum atomic E-state index is -0.790. The molecular formula is C36H41FN2O6. The molecule has 0 saturated carbocycles. The topological polar surface area (TPSA) is 111 Å². The average molecular weight is 617 g/mol. The standard InChI is InChI=1S/C28H33NO5.C8H8FNO/c1-3-33-25-17-20(19-29-13-15-32-16-14-29)18-26(34-4-2)28(25)24-10-6-8-22-21(11-12-27(30)31)7-5-9-23(22)24;1-5-3-2-4-6(9)7(5)8(10)11/h5-10,17-18H,3-4,11-16,19H2,1-2H3,(H,30,31);2-4H,1H3,(H2,10,11). The summed E-state index contributed by atoms with van der Waals surface area (Å²) in [7, 11) is 0. The molecule has 0 spiro atoms. The number of nitrogens with two attached hydrogens (primary N) is 1. The predicted molar refractivity (Wildman–Crippen MR) is 173 cm³/mol. The lowest BCUT2D eigenvalue weighted by Crippen LogP contribution is -2.35. The fourth-order valence-corrected chi connectivity index (χ4v) is 5.55. The third-order valence-corrected chi connectivity index (χ3v) is 7.59. The van der Waals surface area contributed by atoms with Crippen LogP contribution in [0.5, 0.6) is 11.5 Å². The van der Waals surface area contributed by atoms with Crippen LogP contribution in [0.1, 0.15) is 47.3 Å². The zero-order valence-electron chi connectivity index (χ0n) is 26.1. The van der Waals surface area contributed by atoms with Crippen LogP contribution in [0.25, 0.3) is 21.9 Å². The molecule has 4 aromatic carbocycles. The lowest BCUT2D eigenvalue weighted by Gasteiger charge is -2.27. The van der Waals surface area contributed by atoms with E-state index in [2.05, 4.69) is 35.2 Å². The van der Waals surface area contributed by atoms with Gasteiger partial charge in [0, 0.05) is 26.1 Å². The van der Waals surface area contributed by atoms with Crippen molar-refractivity contribution in [3.8, 4) is 22.6 Å². The number of carboxylic acid groups (broad SMARTS) is 1. The van der Waals surface area contributed by atoms with Gasteiger partial charge >= 0.3 is 5.97 Å². The zero-order valence-corrected chi connectivity index (χ0v) is 26.1. The number of fused-ring (bicyclic) bond motifs is 1. The summed E-state index contributed by atoms with van der Waals surface area (Å²) in [5.41, 5.74) is 9.63. The summed E-state index contributed by atoms with van der Waals surface area (Å²) in [5.74, 6) is -0.459. The maximum absolute atomic E-state index is 12.8. The van der Waals surface area contributed by atoms with E-state index in [9.17, 15) is 19.1 Å². The first-order valence-electron chi connectivity index (χ1n) is 15.2. The predicted octanol–water partition coefficient (Wildman–Crippen LogP) is 6.39. The van der Waals surface area contributed by atoms with Crippen LogP contribution >= 0.6 is 0 Å². The molecule has 0 atom stereocenters. The Balaban J connectivity index is 0.000000354. The first-order valence-corrected chi connectivity index (χ1v) is 15.2. The van der Waals surface area contributed by atoms with E-state index in [0.717, 1.165) is 77.4 Å². The number of rotatable bonds is 11. The van der Waals surface area contributed by atoms with Crippen LogP contribution in [-0.2, 0) is 22.5 Å². The molecule has 5 rings (SSSR count). The number of benzene rings is 4. The third kappa shape index (κ3) is 8.59. The molecule has 1 aliphatic rings. The number of aliphatic carboxylic acids is 1. The number of primary amides is 1. The van der Waals surface area contributed by atoms with Crippen molar-refractivity contribution in [2.75, 3.05) is 39.5 Å². The first-order chi connectivity index (χ1) is 21.7. The fourth-order valence-electron chi connectivity index (χ4n) is 5.55. The van der Waals surface area contributed by atoms with Crippen molar-refractivity contribution < 1.29 is 33.3 Å². The molecule has 3 N–H and O–H groups in total. The number of aryl methyl sites for hydroxylation is 2. The molecular weight excluding hydrogens is 575 g/mol. The second-order valence-corrected chi connectivity index (χ2v) is 10.7. The molecule has 0 unspecified atom stereocenters. The number of carboxylic acids is 1. The summed E-state index contributed by atoms with van der Waals surface area (Å²) < 4.78 is 30.6. The van der Waals surface area contributed by atoms with E-state index in [-0.39, 0.29) is 12.0 Å². The van der Waals surface area contributed by atoms with Gasteiger partial charge in [0.1, 0.15) is 17.3 Å². The minimum absolute atomic E-state index is 0.0208. The number of nitrogens with zero attached hydrogens (tertiary/aromatic N) is 1. The Bertz CT molecular complexity index is 1590. The van der Waals surface area contributed by atoms with Crippen LogP contribution in [0.2, 0.25) is 0 Å². The van der Waals surface area contributed by atoms with E-state index in [1.54, 1.807) is 13.0 Å². The second kappa shape index (κ2) is 16.0. The van der Waals surface area contributed by atoms with Gasteiger partial charge in [-0.2, -0.15) is 0 Å². The molecule has 0 bridgehead atoms. The fraction of sp³-hybridized carbons (Fsp3) is 0.333. The molecule has 45 heavy (non-hydrogen) atoms. The second-order valence-electron chi connectivity index (χ2n) is 10.7. The Kier molecular flexibility index (Phi) is 11.9. The Hall–Kier alpha value is -4.47. The van der Waals surface area contributed by atoms with Gasteiger partial charge in [-0.15, -0.1) is 0 Å². The van der Waals surface area contributed by atoms with E-state index in [1.807, 2.05) is 32.0 Å². The number of hydrogen-bond acceptors (Lipinski definition) is 6. The van der Waals surface area contributed by atoms with Crippen molar-refractivity contribution in [3.05, 3.63) is 94.8 Å². The smallest absolute Gasteiger partial charge is 0.303 e. The zero-order chi connectivity index (χ0) is 32.3. The summed E-state index contributed by atoms with van der Waals surface area (Å²) in [6, 6.07) is 20.9. The van der Waals surface area contributed by atoms with Crippen molar-refractivity contribution in [3.63, 3.8) is 0 Å². The minimum Gasteiger partial charge on any atom is -0.493 e. The van der Waals surface area contributed by atoms with Crippen LogP contribution in [-0.4, -0.2) is 61.4 Å². The van der Waals surface area contributed by atoms with Gasteiger partial charge in [-0.1, -0.05) is 48.5 Å². The number of carbonyl (C=O) groups is 2. The average Bonchev–Trinajstić information content (AvgIpc) is 3.01. The summed E-state index contributed by atoms with van der Waals surface area (Å²) in [4.78, 5) is 24.2. The third-order valence-electron chi connectivity index (χ3n) is 7.59. The van der Waals surface area contributed by atoms with Crippen LogP contribution in [0.15, 0.2) is 66.7 Å². The summed E-state index contributed by atoms with van der Waals surface area (Å²) in [6.07, 6.45) is 0.596. The molecule has 238 valence electrons. The van der Waals surface area contributed by atoms with Gasteiger partial charge < -0.3 is 25.1 Å². The summed E-state index contributed by atoms with van der Waals surface area (Å²) >= 11 is 0. The lowest BCUT2D eigenvalue weighted by molar-refractivity contribution is -0.136. The molecule has 9 heteroatoms. The maximum atomic E-state index is 12.8. The van der Waals surface area contributed by atoms with Gasteiger partial charge in [-0.3, -0.25) is 14.5 Å². The highest BCUT2D eigenvalue weighted by Gasteiger charge is 2.20. The van der Waals surface area contributed by atoms with E-state index in [0.29, 0.717) is 25.2 Å². The first kappa shape index (κ1) is 33.4. The van der Waals surface area contributed by atoms with E-state index < -0.39 is 17.7 Å². The van der Waals surface area contributed by atoms with Gasteiger partial charge in [0.25, 0.3) is 5.91 Å². The molecule has 1 saturated heterocycles. The van der Waals surface area contributed by atoms with Crippen LogP contribution in [0.4, 0.5) is 4.39 Å². The Morgan fingerprint density at radius 1 is 0.933 bits per heavy atom. The Morgan fingerprint density at radius 2 is 1.56 bits per heavy atom. The molecule has 1 amide bonds. The molecule has 0 radical (unpaired) electrons. The van der Waals surface area contributed by atoms with Gasteiger partial charge in [0.05, 0.1) is 37.6 Å². The van der Waals surface area contributed by atoms with Gasteiger partial charge in [-0.05, 0) is 78.4 Å². The van der Waals surface area contributed by atoms with Crippen molar-refractivity contribution >= 4 is 22.6 Å². The SMILES string of the molecule is CCOc1cc(CN2CCOCC2)cc(OCC)c1-c1cccc2c(CCC(=O)O)cccc12.Cc1cccc(F)c1C(N)=O. The molecule has 0 aromatic heterocycles. The van der Waals surface area contributed by atoms with E-state index in [1.165, 1.54) is 12.1 Å². The van der Waals surface area contributed by atoms with Crippen LogP contribution in [0.3, 0.4) is 0 Å². The van der Waals surface area contributed by atoms with Crippen LogP contribution in [0, 0.1) is 12.7 Å². The number of morpholine rings is 1. The largest absolute Gasteiger partial charge is 0.493 e. The van der Waals surface area contributed by atoms with Crippen molar-refractivity contribution in [2.45, 2.75) is 40.2 Å². The van der Waals surface area contributed by atoms with Crippen LogP contribution < -0.4 is 15.2 Å². The van der Waals surface area contributed by atoms with Crippen molar-refractivity contribution in [1.29, 1.82) is 0 Å². The molecule has 8 nitrogen and oxygen atoms in total. The molecule has 4 aromatic rings. The number of ether oxygens (including phenoxy) is 3. The number of amides is 1. The lowest BCUT2D eigenvalue weighted by atomic mass is 9.92. The highest BCUT2D eigenvalue weighted by atomic mass is 19.1. The Labute approximate surface area is 263 Å². The molecule has 1 heterocycles. The summed E-state index contributed by atoms with van der Waals surface area (Å²) in [5, 5.41) is 11.3. The quantitative estimate of drug-likeness (QED) is 0.201. The van der Waals surface area contributed by atoms with Crippen molar-refractivity contribution in [1.82, 2.24) is 4.90 Å². The summed E-state index contributed by atoms with van der Waals surface area (Å²) in [6.45, 7) is 10.9. The van der Waals surface area contributed by atoms with Gasteiger partial charge in [-0.25, -0.2) is 4.39 Å². The molecule has 1 aliphatic heterocycles. The molecule has 0 aliphatic carbocycles. The highest BCUT2D eigenvalue weighted by Crippen LogP contribution is 2.43. The number of carbonyl (C=O) groups excluding carboxylic acids is 1. The van der Waals surface area contributed by atoms with Gasteiger partial charge in [0.15, 0.2) is 0 Å². The van der Waals surface area contributed by atoms with E-state index >= 15 is 0 Å².